The van der Waals surface area contributed by atoms with Crippen LogP contribution in [0.1, 0.15) is 61.0 Å². The van der Waals surface area contributed by atoms with Crippen LogP contribution in [0.25, 0.3) is 0 Å². The Hall–Kier alpha value is -2.34. The fourth-order valence-corrected chi connectivity index (χ4v) is 10.3. The summed E-state index contributed by atoms with van der Waals surface area (Å²) >= 11 is 0. The minimum absolute atomic E-state index is 0.216. The van der Waals surface area contributed by atoms with Gasteiger partial charge in [-0.05, 0) is 118 Å². The van der Waals surface area contributed by atoms with E-state index in [1.165, 1.54) is 57.2 Å². The fraction of sp³-hybridized carbons (Fsp3) is 0.667. The Kier molecular flexibility index (Phi) is 4.31. The number of aryl methyl sites for hydroxylation is 2. The van der Waals surface area contributed by atoms with E-state index >= 15 is 0 Å². The van der Waals surface area contributed by atoms with Crippen LogP contribution < -0.4 is 15.4 Å². The predicted molar refractivity (Wildman–Crippen MR) is 141 cm³/mol. The van der Waals surface area contributed by atoms with Crippen molar-refractivity contribution in [2.24, 2.45) is 23.2 Å². The minimum Gasteiger partial charge on any atom is -0.495 e. The summed E-state index contributed by atoms with van der Waals surface area (Å²) < 4.78 is 5.82. The van der Waals surface area contributed by atoms with Crippen molar-refractivity contribution in [1.82, 2.24) is 14.9 Å². The number of hydrogen-bond acceptors (Lipinski definition) is 6. The monoisotopic (exact) mass is 485 g/mol. The molecule has 3 saturated carbocycles. The highest BCUT2D eigenvalue weighted by molar-refractivity contribution is 5.62. The summed E-state index contributed by atoms with van der Waals surface area (Å²) in [6, 6.07) is 7.92. The van der Waals surface area contributed by atoms with Crippen molar-refractivity contribution in [2.75, 3.05) is 37.4 Å². The SMILES string of the molecule is COc1cc2c(cc1N)CC1N(CC3CC3)CCC23C2C4CCC13C[C@@H]2CN4c1nc(C)cc(C)n1. The number of aromatic nitrogens is 2. The lowest BCUT2D eigenvalue weighted by Crippen LogP contribution is -2.69. The van der Waals surface area contributed by atoms with E-state index in [2.05, 4.69) is 41.8 Å². The van der Waals surface area contributed by atoms with Crippen LogP contribution in [0, 0.1) is 37.0 Å². The van der Waals surface area contributed by atoms with E-state index in [9.17, 15) is 0 Å². The van der Waals surface area contributed by atoms with Crippen LogP contribution >= 0.6 is 0 Å². The van der Waals surface area contributed by atoms with Crippen LogP contribution in [0.4, 0.5) is 11.6 Å². The van der Waals surface area contributed by atoms with E-state index in [4.69, 9.17) is 20.4 Å². The van der Waals surface area contributed by atoms with Gasteiger partial charge in [0.2, 0.25) is 5.95 Å². The second-order valence-electron chi connectivity index (χ2n) is 13.0. The summed E-state index contributed by atoms with van der Waals surface area (Å²) in [4.78, 5) is 15.4. The number of nitrogen functional groups attached to an aromatic ring is 1. The third-order valence-electron chi connectivity index (χ3n) is 11.4. The molecular formula is C30H39N5O. The molecule has 3 heterocycles. The molecule has 2 aromatic rings. The summed E-state index contributed by atoms with van der Waals surface area (Å²) in [7, 11) is 1.77. The Morgan fingerprint density at radius 1 is 1.08 bits per heavy atom. The molecule has 4 aliphatic carbocycles. The van der Waals surface area contributed by atoms with Crippen molar-refractivity contribution < 1.29 is 4.74 Å². The van der Waals surface area contributed by atoms with E-state index in [0.29, 0.717) is 29.3 Å². The third kappa shape index (κ3) is 2.62. The van der Waals surface area contributed by atoms with Gasteiger partial charge in [0.1, 0.15) is 5.75 Å². The Balaban J connectivity index is 1.29. The maximum absolute atomic E-state index is 6.51. The van der Waals surface area contributed by atoms with E-state index in [1.54, 1.807) is 12.7 Å². The normalized spacial score (nSPS) is 38.1. The molecule has 190 valence electrons. The van der Waals surface area contributed by atoms with Gasteiger partial charge in [-0.15, -0.1) is 0 Å². The lowest BCUT2D eigenvalue weighted by Gasteiger charge is -2.66. The molecule has 5 fully saturated rings. The molecule has 5 unspecified atom stereocenters. The Labute approximate surface area is 214 Å². The molecule has 1 aromatic carbocycles. The van der Waals surface area contributed by atoms with E-state index in [1.807, 2.05) is 0 Å². The van der Waals surface area contributed by atoms with Crippen molar-refractivity contribution in [3.63, 3.8) is 0 Å². The zero-order chi connectivity index (χ0) is 24.4. The summed E-state index contributed by atoms with van der Waals surface area (Å²) in [6.07, 6.45) is 9.24. The molecule has 2 N–H and O–H groups in total. The standard InChI is InChI=1S/C30H39N5O/c1-17-10-18(2)33-28(32-17)35-16-21-14-29-7-6-24(35)27(21)30(29)8-9-34(15-19-4-5-19)26(29)12-20-11-23(31)25(36-3)13-22(20)30/h10-11,13,19,21,24,26-27H,4-9,12,14-16,31H2,1-3H3/t21-,24?,26?,27?,29?,30?/m1/s1. The summed E-state index contributed by atoms with van der Waals surface area (Å²) in [6.45, 7) is 7.87. The largest absolute Gasteiger partial charge is 0.495 e. The molecule has 0 radical (unpaired) electrons. The number of nitrogens with two attached hydrogens (primary N) is 1. The van der Waals surface area contributed by atoms with Gasteiger partial charge in [0.25, 0.3) is 0 Å². The van der Waals surface area contributed by atoms with Gasteiger partial charge in [0.15, 0.2) is 0 Å². The van der Waals surface area contributed by atoms with Gasteiger partial charge in [-0.3, -0.25) is 4.90 Å². The van der Waals surface area contributed by atoms with Gasteiger partial charge in [0.05, 0.1) is 12.8 Å². The number of rotatable bonds is 4. The topological polar surface area (TPSA) is 67.5 Å². The molecule has 2 aliphatic heterocycles. The van der Waals surface area contributed by atoms with Crippen molar-refractivity contribution in [3.05, 3.63) is 40.7 Å². The molecular weight excluding hydrogens is 446 g/mol. The number of piperidine rings is 1. The van der Waals surface area contributed by atoms with Gasteiger partial charge < -0.3 is 15.4 Å². The summed E-state index contributed by atoms with van der Waals surface area (Å²) in [5, 5.41) is 0. The van der Waals surface area contributed by atoms with Gasteiger partial charge in [0, 0.05) is 42.0 Å². The van der Waals surface area contributed by atoms with Gasteiger partial charge in [-0.25, -0.2) is 9.97 Å². The van der Waals surface area contributed by atoms with Crippen molar-refractivity contribution in [1.29, 1.82) is 0 Å². The van der Waals surface area contributed by atoms with Gasteiger partial charge in [-0.1, -0.05) is 0 Å². The maximum atomic E-state index is 6.51. The lowest BCUT2D eigenvalue weighted by atomic mass is 9.43. The third-order valence-corrected chi connectivity index (χ3v) is 11.4. The highest BCUT2D eigenvalue weighted by atomic mass is 16.5. The molecule has 8 rings (SSSR count). The summed E-state index contributed by atoms with van der Waals surface area (Å²) in [5.74, 6) is 4.13. The number of benzene rings is 1. The predicted octanol–water partition coefficient (Wildman–Crippen LogP) is 4.27. The lowest BCUT2D eigenvalue weighted by molar-refractivity contribution is -0.0921. The molecule has 6 heteroatoms. The number of nitrogens with zero attached hydrogens (tertiary/aromatic N) is 4. The first-order valence-electron chi connectivity index (χ1n) is 14.2. The first-order valence-corrected chi connectivity index (χ1v) is 14.2. The number of likely N-dealkylation sites (tertiary alicyclic amines) is 1. The van der Waals surface area contributed by atoms with Crippen molar-refractivity contribution in [2.45, 2.75) is 76.3 Å². The van der Waals surface area contributed by atoms with Gasteiger partial charge in [-0.2, -0.15) is 0 Å². The second-order valence-corrected chi connectivity index (χ2v) is 13.0. The molecule has 0 spiro atoms. The van der Waals surface area contributed by atoms with E-state index < -0.39 is 0 Å². The Morgan fingerprint density at radius 2 is 1.89 bits per heavy atom. The molecule has 6 nitrogen and oxygen atoms in total. The van der Waals surface area contributed by atoms with E-state index in [0.717, 1.165) is 47.7 Å². The highest BCUT2D eigenvalue weighted by Crippen LogP contribution is 2.75. The van der Waals surface area contributed by atoms with Gasteiger partial charge >= 0.3 is 0 Å². The van der Waals surface area contributed by atoms with E-state index in [-0.39, 0.29) is 5.41 Å². The summed E-state index contributed by atoms with van der Waals surface area (Å²) in [5.41, 5.74) is 13.1. The first-order chi connectivity index (χ1) is 17.4. The zero-order valence-corrected chi connectivity index (χ0v) is 22.0. The number of anilines is 2. The van der Waals surface area contributed by atoms with Crippen LogP contribution in [-0.2, 0) is 11.8 Å². The molecule has 2 saturated heterocycles. The van der Waals surface area contributed by atoms with Crippen molar-refractivity contribution >= 4 is 11.6 Å². The van der Waals surface area contributed by atoms with Crippen LogP contribution in [0.3, 0.4) is 0 Å². The van der Waals surface area contributed by atoms with Crippen molar-refractivity contribution in [3.8, 4) is 5.75 Å². The van der Waals surface area contributed by atoms with Crippen LogP contribution in [0.5, 0.6) is 5.75 Å². The molecule has 4 bridgehead atoms. The molecule has 36 heavy (non-hydrogen) atoms. The molecule has 6 aliphatic rings. The smallest absolute Gasteiger partial charge is 0.226 e. The molecule has 6 atom stereocenters. The zero-order valence-electron chi connectivity index (χ0n) is 22.0. The van der Waals surface area contributed by atoms with Crippen LogP contribution in [0.2, 0.25) is 0 Å². The Bertz CT molecular complexity index is 1240. The first kappa shape index (κ1) is 21.7. The van der Waals surface area contributed by atoms with Crippen LogP contribution in [-0.4, -0.2) is 53.7 Å². The number of fused-ring (bicyclic) bond motifs is 1. The average Bonchev–Trinajstić information content (AvgIpc) is 3.53. The number of hydrogen-bond donors (Lipinski definition) is 1. The van der Waals surface area contributed by atoms with Crippen LogP contribution in [0.15, 0.2) is 18.2 Å². The maximum Gasteiger partial charge on any atom is 0.226 e. The number of methoxy groups -OCH3 is 1. The second kappa shape index (κ2) is 7.15. The number of ether oxygens (including phenoxy) is 1. The average molecular weight is 486 g/mol. The quantitative estimate of drug-likeness (QED) is 0.653. The molecule has 0 amide bonds. The minimum atomic E-state index is 0.216. The molecule has 1 aromatic heterocycles. The highest BCUT2D eigenvalue weighted by Gasteiger charge is 2.76. The Morgan fingerprint density at radius 3 is 2.64 bits per heavy atom. The fourth-order valence-electron chi connectivity index (χ4n) is 10.3.